The Kier molecular flexibility index (Phi) is 4.05. The number of para-hydroxylation sites is 1. The summed E-state index contributed by atoms with van der Waals surface area (Å²) < 4.78 is 7.20. The fourth-order valence-electron chi connectivity index (χ4n) is 2.27. The first-order chi connectivity index (χ1) is 10.6. The molecule has 0 amide bonds. The lowest BCUT2D eigenvalue weighted by Gasteiger charge is -2.05. The number of fused-ring (bicyclic) bond motifs is 1. The number of halogens is 2. The number of pyridine rings is 1. The van der Waals surface area contributed by atoms with Crippen molar-refractivity contribution in [3.05, 3.63) is 64.0 Å². The van der Waals surface area contributed by atoms with E-state index in [0.717, 1.165) is 10.9 Å². The molecule has 0 aliphatic heterocycles. The monoisotopic (exact) mass is 334 g/mol. The van der Waals surface area contributed by atoms with Gasteiger partial charge in [-0.2, -0.15) is 0 Å². The van der Waals surface area contributed by atoms with Crippen LogP contribution in [0.3, 0.4) is 0 Å². The van der Waals surface area contributed by atoms with E-state index in [1.165, 1.54) is 0 Å². The standard InChI is InChI=1S/C16H12Cl2N2O2/c1-20-8-11(10-4-2-3-5-14(10)20)16(21)22-9-13-12(17)6-7-15(18)19-13/h2-8H,9H2,1H3. The molecule has 2 aromatic heterocycles. The van der Waals surface area contributed by atoms with Crippen LogP contribution in [0.1, 0.15) is 16.1 Å². The molecule has 112 valence electrons. The number of aryl methyl sites for hydroxylation is 1. The number of carbonyl (C=O) groups is 1. The van der Waals surface area contributed by atoms with Gasteiger partial charge in [-0.05, 0) is 18.2 Å². The van der Waals surface area contributed by atoms with Crippen LogP contribution in [-0.2, 0) is 18.4 Å². The molecular formula is C16H12Cl2N2O2. The first kappa shape index (κ1) is 14.9. The zero-order valence-corrected chi connectivity index (χ0v) is 13.2. The van der Waals surface area contributed by atoms with Crippen LogP contribution in [-0.4, -0.2) is 15.5 Å². The van der Waals surface area contributed by atoms with Gasteiger partial charge in [-0.3, -0.25) is 0 Å². The number of hydrogen-bond acceptors (Lipinski definition) is 3. The molecule has 6 heteroatoms. The van der Waals surface area contributed by atoms with Crippen molar-refractivity contribution >= 4 is 40.1 Å². The van der Waals surface area contributed by atoms with E-state index in [2.05, 4.69) is 4.98 Å². The predicted octanol–water partition coefficient (Wildman–Crippen LogP) is 4.24. The van der Waals surface area contributed by atoms with Gasteiger partial charge >= 0.3 is 5.97 Å². The molecule has 0 bridgehead atoms. The minimum absolute atomic E-state index is 0.0263. The molecule has 3 aromatic rings. The minimum Gasteiger partial charge on any atom is -0.455 e. The molecule has 1 aromatic carbocycles. The van der Waals surface area contributed by atoms with Gasteiger partial charge in [-0.25, -0.2) is 9.78 Å². The SMILES string of the molecule is Cn1cc(C(=O)OCc2nc(Cl)ccc2Cl)c2ccccc21. The Bertz CT molecular complexity index is 858. The van der Waals surface area contributed by atoms with E-state index in [1.54, 1.807) is 18.3 Å². The Labute approximate surface area is 137 Å². The summed E-state index contributed by atoms with van der Waals surface area (Å²) in [7, 11) is 1.88. The van der Waals surface area contributed by atoms with Crippen LogP contribution in [0.4, 0.5) is 0 Å². The fraction of sp³-hybridized carbons (Fsp3) is 0.125. The van der Waals surface area contributed by atoms with E-state index in [0.29, 0.717) is 21.4 Å². The lowest BCUT2D eigenvalue weighted by molar-refractivity contribution is 0.0470. The van der Waals surface area contributed by atoms with Crippen LogP contribution in [0.15, 0.2) is 42.6 Å². The number of nitrogens with zero attached hydrogens (tertiary/aromatic N) is 2. The number of aromatic nitrogens is 2. The normalized spacial score (nSPS) is 10.9. The quantitative estimate of drug-likeness (QED) is 0.531. The zero-order chi connectivity index (χ0) is 15.7. The van der Waals surface area contributed by atoms with E-state index in [9.17, 15) is 4.79 Å². The third kappa shape index (κ3) is 2.80. The summed E-state index contributed by atoms with van der Waals surface area (Å²) in [4.78, 5) is 16.4. The summed E-state index contributed by atoms with van der Waals surface area (Å²) in [6.45, 7) is -0.0263. The number of ether oxygens (including phenoxy) is 1. The maximum absolute atomic E-state index is 12.3. The largest absolute Gasteiger partial charge is 0.455 e. The van der Waals surface area contributed by atoms with Crippen molar-refractivity contribution in [3.8, 4) is 0 Å². The molecule has 3 rings (SSSR count). The Morgan fingerprint density at radius 1 is 1.23 bits per heavy atom. The Morgan fingerprint density at radius 2 is 2.00 bits per heavy atom. The van der Waals surface area contributed by atoms with E-state index in [4.69, 9.17) is 27.9 Å². The minimum atomic E-state index is -0.422. The van der Waals surface area contributed by atoms with E-state index < -0.39 is 5.97 Å². The van der Waals surface area contributed by atoms with Crippen LogP contribution in [0.5, 0.6) is 0 Å². The van der Waals surface area contributed by atoms with Gasteiger partial charge in [0.1, 0.15) is 11.8 Å². The van der Waals surface area contributed by atoms with Gasteiger partial charge in [0.2, 0.25) is 0 Å². The Balaban J connectivity index is 1.83. The van der Waals surface area contributed by atoms with Crippen molar-refractivity contribution in [3.63, 3.8) is 0 Å². The van der Waals surface area contributed by atoms with Crippen molar-refractivity contribution in [2.45, 2.75) is 6.61 Å². The first-order valence-corrected chi connectivity index (χ1v) is 7.34. The highest BCUT2D eigenvalue weighted by atomic mass is 35.5. The lowest BCUT2D eigenvalue weighted by atomic mass is 10.2. The number of rotatable bonds is 3. The maximum atomic E-state index is 12.3. The fourth-order valence-corrected chi connectivity index (χ4v) is 2.60. The van der Waals surface area contributed by atoms with Gasteiger partial charge in [-0.1, -0.05) is 41.4 Å². The van der Waals surface area contributed by atoms with Crippen molar-refractivity contribution in [1.82, 2.24) is 9.55 Å². The van der Waals surface area contributed by atoms with Gasteiger partial charge in [0.25, 0.3) is 0 Å². The van der Waals surface area contributed by atoms with Crippen molar-refractivity contribution in [2.75, 3.05) is 0 Å². The average Bonchev–Trinajstić information content (AvgIpc) is 2.86. The number of esters is 1. The van der Waals surface area contributed by atoms with Crippen molar-refractivity contribution in [1.29, 1.82) is 0 Å². The topological polar surface area (TPSA) is 44.1 Å². The third-order valence-corrected chi connectivity index (χ3v) is 3.90. The van der Waals surface area contributed by atoms with Gasteiger partial charge < -0.3 is 9.30 Å². The molecule has 2 heterocycles. The van der Waals surface area contributed by atoms with E-state index in [1.807, 2.05) is 35.9 Å². The number of carbonyl (C=O) groups excluding carboxylic acids is 1. The Morgan fingerprint density at radius 3 is 2.82 bits per heavy atom. The molecule has 4 nitrogen and oxygen atoms in total. The lowest BCUT2D eigenvalue weighted by Crippen LogP contribution is -2.06. The zero-order valence-electron chi connectivity index (χ0n) is 11.7. The van der Waals surface area contributed by atoms with Crippen LogP contribution >= 0.6 is 23.2 Å². The second kappa shape index (κ2) is 5.99. The van der Waals surface area contributed by atoms with E-state index >= 15 is 0 Å². The molecule has 0 aliphatic rings. The summed E-state index contributed by atoms with van der Waals surface area (Å²) in [5.41, 5.74) is 1.91. The van der Waals surface area contributed by atoms with Crippen LogP contribution in [0, 0.1) is 0 Å². The summed E-state index contributed by atoms with van der Waals surface area (Å²) in [6.07, 6.45) is 1.75. The van der Waals surface area contributed by atoms with Gasteiger partial charge in [0.15, 0.2) is 0 Å². The second-order valence-corrected chi connectivity index (χ2v) is 5.60. The second-order valence-electron chi connectivity index (χ2n) is 4.81. The van der Waals surface area contributed by atoms with E-state index in [-0.39, 0.29) is 6.61 Å². The molecule has 0 fully saturated rings. The van der Waals surface area contributed by atoms with Crippen LogP contribution < -0.4 is 0 Å². The summed E-state index contributed by atoms with van der Waals surface area (Å²) in [6, 6.07) is 10.8. The van der Waals surface area contributed by atoms with Crippen LogP contribution in [0.2, 0.25) is 10.2 Å². The smallest absolute Gasteiger partial charge is 0.340 e. The third-order valence-electron chi connectivity index (χ3n) is 3.34. The summed E-state index contributed by atoms with van der Waals surface area (Å²) in [5.74, 6) is -0.422. The predicted molar refractivity (Wildman–Crippen MR) is 86.3 cm³/mol. The van der Waals surface area contributed by atoms with Crippen molar-refractivity contribution in [2.24, 2.45) is 7.05 Å². The Hall–Kier alpha value is -2.04. The summed E-state index contributed by atoms with van der Waals surface area (Å²) in [5, 5.41) is 1.57. The van der Waals surface area contributed by atoms with Gasteiger partial charge in [0.05, 0.1) is 16.3 Å². The first-order valence-electron chi connectivity index (χ1n) is 6.58. The molecule has 0 aliphatic carbocycles. The number of benzene rings is 1. The molecule has 22 heavy (non-hydrogen) atoms. The molecule has 0 unspecified atom stereocenters. The highest BCUT2D eigenvalue weighted by molar-refractivity contribution is 6.32. The molecule has 0 saturated heterocycles. The van der Waals surface area contributed by atoms with Gasteiger partial charge in [0, 0.05) is 24.1 Å². The molecule has 0 atom stereocenters. The molecule has 0 radical (unpaired) electrons. The summed E-state index contributed by atoms with van der Waals surface area (Å²) >= 11 is 11.8. The molecule has 0 spiro atoms. The van der Waals surface area contributed by atoms with Gasteiger partial charge in [-0.15, -0.1) is 0 Å². The van der Waals surface area contributed by atoms with Crippen molar-refractivity contribution < 1.29 is 9.53 Å². The van der Waals surface area contributed by atoms with Crippen LogP contribution in [0.25, 0.3) is 10.9 Å². The maximum Gasteiger partial charge on any atom is 0.340 e. The highest BCUT2D eigenvalue weighted by Gasteiger charge is 2.16. The highest BCUT2D eigenvalue weighted by Crippen LogP contribution is 2.22. The molecular weight excluding hydrogens is 323 g/mol. The number of hydrogen-bond donors (Lipinski definition) is 0. The molecule has 0 N–H and O–H groups in total. The molecule has 0 saturated carbocycles. The average molecular weight is 335 g/mol.